The van der Waals surface area contributed by atoms with Gasteiger partial charge in [0.05, 0.1) is 5.75 Å². The fourth-order valence-electron chi connectivity index (χ4n) is 2.50. The number of benzene rings is 2. The van der Waals surface area contributed by atoms with Gasteiger partial charge >= 0.3 is 0 Å². The summed E-state index contributed by atoms with van der Waals surface area (Å²) in [6, 6.07) is 13.9. The Morgan fingerprint density at radius 3 is 2.42 bits per heavy atom. The fourth-order valence-corrected chi connectivity index (χ4v) is 3.15. The van der Waals surface area contributed by atoms with E-state index in [1.807, 2.05) is 25.1 Å². The Hall–Kier alpha value is -2.64. The molecule has 0 atom stereocenters. The van der Waals surface area contributed by atoms with Crippen molar-refractivity contribution in [1.82, 2.24) is 0 Å². The molecule has 3 aromatic rings. The lowest BCUT2D eigenvalue weighted by molar-refractivity contribution is 0.0998. The molecule has 0 radical (unpaired) electrons. The van der Waals surface area contributed by atoms with E-state index < -0.39 is 10.0 Å². The highest BCUT2D eigenvalue weighted by atomic mass is 32.2. The second kappa shape index (κ2) is 6.10. The second-order valence-electron chi connectivity index (χ2n) is 5.51. The number of carbonyl (C=O) groups excluding carboxylic acids is 1. The predicted molar refractivity (Wildman–Crippen MR) is 92.2 cm³/mol. The number of rotatable bonds is 4. The summed E-state index contributed by atoms with van der Waals surface area (Å²) in [6.07, 6.45) is 0. The zero-order valence-corrected chi connectivity index (χ0v) is 13.8. The standard InChI is InChI=1S/C17H16N2O4S/c1-11-14-4-2-3-5-15(14)23-16(11)17(20)19-13-8-6-12(7-9-13)10-24(18,21)22/h2-9H,10H2,1H3,(H,19,20)(H2,18,21,22). The Kier molecular flexibility index (Phi) is 4.13. The molecule has 3 N–H and O–H groups in total. The summed E-state index contributed by atoms with van der Waals surface area (Å²) in [6.45, 7) is 1.83. The highest BCUT2D eigenvalue weighted by Gasteiger charge is 2.17. The average Bonchev–Trinajstić information content (AvgIpc) is 2.85. The maximum Gasteiger partial charge on any atom is 0.291 e. The van der Waals surface area contributed by atoms with Gasteiger partial charge in [-0.05, 0) is 30.7 Å². The molecule has 0 saturated heterocycles. The number of para-hydroxylation sites is 1. The van der Waals surface area contributed by atoms with E-state index >= 15 is 0 Å². The van der Waals surface area contributed by atoms with Crippen LogP contribution in [0.25, 0.3) is 11.0 Å². The molecular formula is C17H16N2O4S. The van der Waals surface area contributed by atoms with Gasteiger partial charge in [-0.25, -0.2) is 13.6 Å². The lowest BCUT2D eigenvalue weighted by atomic mass is 10.1. The molecule has 3 rings (SSSR count). The highest BCUT2D eigenvalue weighted by Crippen LogP contribution is 2.25. The highest BCUT2D eigenvalue weighted by molar-refractivity contribution is 7.88. The maximum absolute atomic E-state index is 12.4. The largest absolute Gasteiger partial charge is 0.451 e. The zero-order chi connectivity index (χ0) is 17.3. The number of fused-ring (bicyclic) bond motifs is 1. The molecule has 0 spiro atoms. The minimum Gasteiger partial charge on any atom is -0.451 e. The van der Waals surface area contributed by atoms with Crippen molar-refractivity contribution >= 4 is 32.6 Å². The number of amides is 1. The lowest BCUT2D eigenvalue weighted by Gasteiger charge is -2.05. The van der Waals surface area contributed by atoms with E-state index in [4.69, 9.17) is 9.56 Å². The third-order valence-corrected chi connectivity index (χ3v) is 4.37. The van der Waals surface area contributed by atoms with E-state index in [0.29, 0.717) is 16.8 Å². The van der Waals surface area contributed by atoms with Crippen LogP contribution in [-0.2, 0) is 15.8 Å². The molecule has 2 aromatic carbocycles. The Morgan fingerprint density at radius 1 is 1.12 bits per heavy atom. The van der Waals surface area contributed by atoms with Crippen LogP contribution < -0.4 is 10.5 Å². The summed E-state index contributed by atoms with van der Waals surface area (Å²) >= 11 is 0. The van der Waals surface area contributed by atoms with Gasteiger partial charge in [0.25, 0.3) is 5.91 Å². The van der Waals surface area contributed by atoms with Crippen molar-refractivity contribution in [3.63, 3.8) is 0 Å². The van der Waals surface area contributed by atoms with Crippen LogP contribution in [0.15, 0.2) is 52.9 Å². The van der Waals surface area contributed by atoms with Gasteiger partial charge in [-0.3, -0.25) is 4.79 Å². The van der Waals surface area contributed by atoms with Crippen molar-refractivity contribution in [2.45, 2.75) is 12.7 Å². The summed E-state index contributed by atoms with van der Waals surface area (Å²) in [5, 5.41) is 8.64. The molecular weight excluding hydrogens is 328 g/mol. The van der Waals surface area contributed by atoms with E-state index in [2.05, 4.69) is 5.32 Å². The molecule has 0 aliphatic heterocycles. The van der Waals surface area contributed by atoms with Crippen LogP contribution in [0.2, 0.25) is 0 Å². The van der Waals surface area contributed by atoms with E-state index in [-0.39, 0.29) is 17.4 Å². The quantitative estimate of drug-likeness (QED) is 0.759. The smallest absolute Gasteiger partial charge is 0.291 e. The number of sulfonamides is 1. The fraction of sp³-hybridized carbons (Fsp3) is 0.118. The topological polar surface area (TPSA) is 102 Å². The molecule has 6 nitrogen and oxygen atoms in total. The Labute approximate surface area is 139 Å². The third-order valence-electron chi connectivity index (χ3n) is 3.63. The minimum absolute atomic E-state index is 0.246. The molecule has 0 fully saturated rings. The average molecular weight is 344 g/mol. The molecule has 124 valence electrons. The Balaban J connectivity index is 1.80. The minimum atomic E-state index is -3.58. The number of nitrogens with one attached hydrogen (secondary N) is 1. The maximum atomic E-state index is 12.4. The van der Waals surface area contributed by atoms with Gasteiger partial charge in [0, 0.05) is 16.6 Å². The van der Waals surface area contributed by atoms with Crippen LogP contribution in [0.4, 0.5) is 5.69 Å². The number of aryl methyl sites for hydroxylation is 1. The molecule has 1 amide bonds. The van der Waals surface area contributed by atoms with Crippen LogP contribution in [-0.4, -0.2) is 14.3 Å². The first kappa shape index (κ1) is 16.2. The summed E-state index contributed by atoms with van der Waals surface area (Å²) in [5.74, 6) is -0.350. The zero-order valence-electron chi connectivity index (χ0n) is 12.9. The lowest BCUT2D eigenvalue weighted by Crippen LogP contribution is -2.15. The van der Waals surface area contributed by atoms with E-state index in [1.54, 1.807) is 30.3 Å². The van der Waals surface area contributed by atoms with Gasteiger partial charge in [-0.2, -0.15) is 0 Å². The molecule has 0 aliphatic carbocycles. The number of anilines is 1. The molecule has 0 unspecified atom stereocenters. The van der Waals surface area contributed by atoms with E-state index in [9.17, 15) is 13.2 Å². The molecule has 1 aromatic heterocycles. The van der Waals surface area contributed by atoms with Gasteiger partial charge < -0.3 is 9.73 Å². The summed E-state index contributed by atoms with van der Waals surface area (Å²) in [4.78, 5) is 12.4. The second-order valence-corrected chi connectivity index (χ2v) is 7.12. The van der Waals surface area contributed by atoms with Crippen molar-refractivity contribution < 1.29 is 17.6 Å². The van der Waals surface area contributed by atoms with Crippen LogP contribution in [0.5, 0.6) is 0 Å². The van der Waals surface area contributed by atoms with Crippen molar-refractivity contribution in [2.24, 2.45) is 5.14 Å². The first-order valence-electron chi connectivity index (χ1n) is 7.22. The van der Waals surface area contributed by atoms with Gasteiger partial charge in [0.2, 0.25) is 10.0 Å². The molecule has 0 bridgehead atoms. The SMILES string of the molecule is Cc1c(C(=O)Nc2ccc(CS(N)(=O)=O)cc2)oc2ccccc12. The van der Waals surface area contributed by atoms with E-state index in [1.165, 1.54) is 0 Å². The summed E-state index contributed by atoms with van der Waals surface area (Å²) in [7, 11) is -3.58. The number of furan rings is 1. The number of nitrogens with two attached hydrogens (primary N) is 1. The van der Waals surface area contributed by atoms with Gasteiger partial charge in [-0.15, -0.1) is 0 Å². The van der Waals surface area contributed by atoms with Gasteiger partial charge in [0.1, 0.15) is 5.58 Å². The Morgan fingerprint density at radius 2 is 1.79 bits per heavy atom. The monoisotopic (exact) mass is 344 g/mol. The van der Waals surface area contributed by atoms with Crippen molar-refractivity contribution in [3.8, 4) is 0 Å². The summed E-state index contributed by atoms with van der Waals surface area (Å²) in [5.41, 5.74) is 2.52. The predicted octanol–water partition coefficient (Wildman–Crippen LogP) is 2.78. The first-order chi connectivity index (χ1) is 11.3. The molecule has 1 heterocycles. The third kappa shape index (κ3) is 3.47. The van der Waals surface area contributed by atoms with Crippen LogP contribution in [0, 0.1) is 6.92 Å². The first-order valence-corrected chi connectivity index (χ1v) is 8.94. The molecule has 24 heavy (non-hydrogen) atoms. The number of hydrogen-bond acceptors (Lipinski definition) is 4. The molecule has 7 heteroatoms. The Bertz CT molecular complexity index is 1000. The van der Waals surface area contributed by atoms with Crippen LogP contribution in [0.3, 0.4) is 0 Å². The van der Waals surface area contributed by atoms with Gasteiger partial charge in [-0.1, -0.05) is 30.3 Å². The van der Waals surface area contributed by atoms with Gasteiger partial charge in [0.15, 0.2) is 5.76 Å². The number of primary sulfonamides is 1. The van der Waals surface area contributed by atoms with Crippen molar-refractivity contribution in [2.75, 3.05) is 5.32 Å². The summed E-state index contributed by atoms with van der Waals surface area (Å²) < 4.78 is 27.7. The van der Waals surface area contributed by atoms with Crippen LogP contribution >= 0.6 is 0 Å². The normalized spacial score (nSPS) is 11.6. The number of hydrogen-bond donors (Lipinski definition) is 2. The number of carbonyl (C=O) groups is 1. The van der Waals surface area contributed by atoms with Crippen LogP contribution in [0.1, 0.15) is 21.7 Å². The molecule has 0 aliphatic rings. The van der Waals surface area contributed by atoms with E-state index in [0.717, 1.165) is 10.9 Å². The molecule has 0 saturated carbocycles. The van der Waals surface area contributed by atoms with Crippen molar-refractivity contribution in [3.05, 3.63) is 65.4 Å². The van der Waals surface area contributed by atoms with Crippen molar-refractivity contribution in [1.29, 1.82) is 0 Å².